The Labute approximate surface area is 195 Å². The van der Waals surface area contributed by atoms with E-state index in [4.69, 9.17) is 14.2 Å². The number of hydrogen-bond acceptors (Lipinski definition) is 6. The number of benzene rings is 2. The normalized spacial score (nSPS) is 15.4. The molecule has 1 aliphatic rings. The highest BCUT2D eigenvalue weighted by atomic mass is 32.2. The number of carbonyl (C=O) groups excluding carboxylic acids is 1. The summed E-state index contributed by atoms with van der Waals surface area (Å²) in [7, 11) is 1.04. The van der Waals surface area contributed by atoms with Crippen molar-refractivity contribution in [1.82, 2.24) is 4.31 Å². The van der Waals surface area contributed by atoms with Crippen molar-refractivity contribution in [3.05, 3.63) is 48.0 Å². The molecule has 0 unspecified atom stereocenters. The van der Waals surface area contributed by atoms with Crippen molar-refractivity contribution in [2.75, 3.05) is 39.7 Å². The number of amides is 1. The molecule has 1 saturated heterocycles. The van der Waals surface area contributed by atoms with Gasteiger partial charge in [0.2, 0.25) is 21.7 Å². The number of hydrogen-bond donors (Lipinski definition) is 1. The molecule has 178 valence electrons. The summed E-state index contributed by atoms with van der Waals surface area (Å²) in [6, 6.07) is 9.67. The van der Waals surface area contributed by atoms with Gasteiger partial charge in [0.1, 0.15) is 0 Å². The predicted octanol–water partition coefficient (Wildman–Crippen LogP) is 3.78. The van der Waals surface area contributed by atoms with E-state index >= 15 is 0 Å². The first-order valence-corrected chi connectivity index (χ1v) is 12.1. The summed E-state index contributed by atoms with van der Waals surface area (Å²) in [6.07, 6.45) is 4.73. The fourth-order valence-electron chi connectivity index (χ4n) is 3.64. The maximum Gasteiger partial charge on any atom is 0.248 e. The third kappa shape index (κ3) is 5.85. The van der Waals surface area contributed by atoms with Crippen molar-refractivity contribution in [3.63, 3.8) is 0 Å². The van der Waals surface area contributed by atoms with E-state index in [0.717, 1.165) is 12.8 Å². The lowest BCUT2D eigenvalue weighted by molar-refractivity contribution is -0.111. The Kier molecular flexibility index (Phi) is 7.99. The average Bonchev–Trinajstić information content (AvgIpc) is 2.82. The molecule has 1 N–H and O–H groups in total. The summed E-state index contributed by atoms with van der Waals surface area (Å²) < 4.78 is 43.1. The van der Waals surface area contributed by atoms with Gasteiger partial charge in [-0.25, -0.2) is 8.42 Å². The van der Waals surface area contributed by atoms with E-state index in [1.807, 2.05) is 0 Å². The molecule has 0 spiro atoms. The monoisotopic (exact) mass is 474 g/mol. The third-order valence-electron chi connectivity index (χ3n) is 5.62. The fourth-order valence-corrected chi connectivity index (χ4v) is 5.11. The SMILES string of the molecule is COc1cc(/C=C/C(=O)Nc2ccc(S(=O)(=O)N3CCC(C)CC3)cc2)cc(OC)c1OC. The number of sulfonamides is 1. The first-order chi connectivity index (χ1) is 15.8. The Hall–Kier alpha value is -3.04. The number of methoxy groups -OCH3 is 3. The van der Waals surface area contributed by atoms with Gasteiger partial charge in [-0.2, -0.15) is 4.31 Å². The van der Waals surface area contributed by atoms with Gasteiger partial charge >= 0.3 is 0 Å². The van der Waals surface area contributed by atoms with Crippen LogP contribution in [0.3, 0.4) is 0 Å². The first kappa shape index (κ1) is 24.6. The molecule has 8 nitrogen and oxygen atoms in total. The van der Waals surface area contributed by atoms with Crippen molar-refractivity contribution in [2.24, 2.45) is 5.92 Å². The van der Waals surface area contributed by atoms with Gasteiger partial charge in [-0.15, -0.1) is 0 Å². The summed E-state index contributed by atoms with van der Waals surface area (Å²) in [5, 5.41) is 2.73. The standard InChI is InChI=1S/C24H30N2O6S/c1-17-11-13-26(14-12-17)33(28,29)20-8-6-19(7-9-20)25-23(27)10-5-18-15-21(30-2)24(32-4)22(16-18)31-3/h5-10,15-17H,11-14H2,1-4H3,(H,25,27)/b10-5+. The van der Waals surface area contributed by atoms with Crippen molar-refractivity contribution in [1.29, 1.82) is 0 Å². The molecule has 0 bridgehead atoms. The topological polar surface area (TPSA) is 94.2 Å². The maximum atomic E-state index is 12.8. The summed E-state index contributed by atoms with van der Waals surface area (Å²) in [5.41, 5.74) is 1.19. The molecule has 1 heterocycles. The van der Waals surface area contributed by atoms with E-state index in [1.165, 1.54) is 43.8 Å². The van der Waals surface area contributed by atoms with Crippen LogP contribution in [0, 0.1) is 5.92 Å². The second-order valence-electron chi connectivity index (χ2n) is 7.89. The van der Waals surface area contributed by atoms with Gasteiger partial charge < -0.3 is 19.5 Å². The highest BCUT2D eigenvalue weighted by Gasteiger charge is 2.27. The molecule has 2 aromatic rings. The molecular weight excluding hydrogens is 444 g/mol. The first-order valence-electron chi connectivity index (χ1n) is 10.7. The van der Waals surface area contributed by atoms with E-state index in [9.17, 15) is 13.2 Å². The lowest BCUT2D eigenvalue weighted by Gasteiger charge is -2.29. The van der Waals surface area contributed by atoms with E-state index < -0.39 is 10.0 Å². The maximum absolute atomic E-state index is 12.8. The van der Waals surface area contributed by atoms with Crippen molar-refractivity contribution in [3.8, 4) is 17.2 Å². The Morgan fingerprint density at radius 2 is 1.58 bits per heavy atom. The van der Waals surface area contributed by atoms with Crippen LogP contribution < -0.4 is 19.5 Å². The lowest BCUT2D eigenvalue weighted by Crippen LogP contribution is -2.37. The molecule has 1 fully saturated rings. The van der Waals surface area contributed by atoms with Crippen molar-refractivity contribution >= 4 is 27.7 Å². The molecule has 1 aliphatic heterocycles. The van der Waals surface area contributed by atoms with Gasteiger partial charge in [-0.05, 0) is 66.8 Å². The summed E-state index contributed by atoms with van der Waals surface area (Å²) >= 11 is 0. The zero-order chi connectivity index (χ0) is 24.0. The van der Waals surface area contributed by atoms with Gasteiger partial charge in [0.05, 0.1) is 26.2 Å². The quantitative estimate of drug-likeness (QED) is 0.585. The zero-order valence-electron chi connectivity index (χ0n) is 19.3. The minimum absolute atomic E-state index is 0.225. The summed E-state index contributed by atoms with van der Waals surface area (Å²) in [4.78, 5) is 12.6. The number of rotatable bonds is 8. The number of anilines is 1. The van der Waals surface area contributed by atoms with E-state index in [-0.39, 0.29) is 10.8 Å². The number of nitrogens with one attached hydrogen (secondary N) is 1. The van der Waals surface area contributed by atoms with Crippen LogP contribution in [0.1, 0.15) is 25.3 Å². The second kappa shape index (κ2) is 10.7. The largest absolute Gasteiger partial charge is 0.493 e. The average molecular weight is 475 g/mol. The molecule has 0 atom stereocenters. The third-order valence-corrected chi connectivity index (χ3v) is 7.53. The Bertz CT molecular complexity index is 1080. The van der Waals surface area contributed by atoms with Crippen molar-refractivity contribution < 1.29 is 27.4 Å². The molecule has 3 rings (SSSR count). The van der Waals surface area contributed by atoms with Crippen LogP contribution in [0.2, 0.25) is 0 Å². The molecule has 9 heteroatoms. The lowest BCUT2D eigenvalue weighted by atomic mass is 10.0. The minimum Gasteiger partial charge on any atom is -0.493 e. The van der Waals surface area contributed by atoms with Crippen LogP contribution in [0.5, 0.6) is 17.2 Å². The molecule has 0 radical (unpaired) electrons. The molecule has 0 aliphatic carbocycles. The summed E-state index contributed by atoms with van der Waals surface area (Å²) in [6.45, 7) is 3.21. The van der Waals surface area contributed by atoms with Gasteiger partial charge in [0, 0.05) is 24.9 Å². The van der Waals surface area contributed by atoms with Gasteiger partial charge in [0.15, 0.2) is 11.5 Å². The number of nitrogens with zero attached hydrogens (tertiary/aromatic N) is 1. The van der Waals surface area contributed by atoms with Crippen LogP contribution in [0.25, 0.3) is 6.08 Å². The molecular formula is C24H30N2O6S. The highest BCUT2D eigenvalue weighted by molar-refractivity contribution is 7.89. The van der Waals surface area contributed by atoms with E-state index in [2.05, 4.69) is 12.2 Å². The number of ether oxygens (including phenoxy) is 3. The Morgan fingerprint density at radius 3 is 2.09 bits per heavy atom. The summed E-state index contributed by atoms with van der Waals surface area (Å²) in [5.74, 6) is 1.62. The van der Waals surface area contributed by atoms with E-state index in [1.54, 1.807) is 30.3 Å². The second-order valence-corrected chi connectivity index (χ2v) is 9.83. The number of piperidine rings is 1. The molecule has 2 aromatic carbocycles. The minimum atomic E-state index is -3.52. The molecule has 1 amide bonds. The smallest absolute Gasteiger partial charge is 0.248 e. The van der Waals surface area contributed by atoms with Crippen LogP contribution in [0.15, 0.2) is 47.4 Å². The molecule has 0 saturated carbocycles. The van der Waals surface area contributed by atoms with Crippen molar-refractivity contribution in [2.45, 2.75) is 24.7 Å². The number of carbonyl (C=O) groups is 1. The van der Waals surface area contributed by atoms with Crippen LogP contribution in [-0.2, 0) is 14.8 Å². The fraction of sp³-hybridized carbons (Fsp3) is 0.375. The van der Waals surface area contributed by atoms with Gasteiger partial charge in [0.25, 0.3) is 0 Å². The van der Waals surface area contributed by atoms with Crippen LogP contribution >= 0.6 is 0 Å². The van der Waals surface area contributed by atoms with Crippen LogP contribution in [0.4, 0.5) is 5.69 Å². The van der Waals surface area contributed by atoms with Gasteiger partial charge in [-0.1, -0.05) is 6.92 Å². The Balaban J connectivity index is 1.67. The van der Waals surface area contributed by atoms with Gasteiger partial charge in [-0.3, -0.25) is 4.79 Å². The molecule has 33 heavy (non-hydrogen) atoms. The van der Waals surface area contributed by atoms with Crippen LogP contribution in [-0.4, -0.2) is 53.0 Å². The van der Waals surface area contributed by atoms with E-state index in [0.29, 0.717) is 47.5 Å². The predicted molar refractivity (Wildman–Crippen MR) is 127 cm³/mol. The Morgan fingerprint density at radius 1 is 1.00 bits per heavy atom. The highest BCUT2D eigenvalue weighted by Crippen LogP contribution is 2.38. The molecule has 0 aromatic heterocycles. The zero-order valence-corrected chi connectivity index (χ0v) is 20.1.